The lowest BCUT2D eigenvalue weighted by Crippen LogP contribution is -2.37. The van der Waals surface area contributed by atoms with Crippen molar-refractivity contribution >= 4 is 22.6 Å². The van der Waals surface area contributed by atoms with Crippen LogP contribution in [0.1, 0.15) is 24.2 Å². The van der Waals surface area contributed by atoms with Crippen molar-refractivity contribution in [3.63, 3.8) is 0 Å². The molecule has 0 atom stereocenters. The molecule has 1 amide bonds. The molecule has 0 N–H and O–H groups in total. The normalized spacial score (nSPS) is 11.1. The Labute approximate surface area is 144 Å². The molecule has 0 saturated carbocycles. The number of carbonyl (C=O) groups excluding carboxylic acids is 1. The van der Waals surface area contributed by atoms with E-state index >= 15 is 0 Å². The number of aromatic nitrogens is 3. The minimum Gasteiger partial charge on any atom is -0.494 e. The molecule has 0 fully saturated rings. The fourth-order valence-electron chi connectivity index (χ4n) is 2.76. The van der Waals surface area contributed by atoms with Gasteiger partial charge in [-0.1, -0.05) is 5.21 Å². The van der Waals surface area contributed by atoms with Gasteiger partial charge in [0.15, 0.2) is 11.6 Å². The van der Waals surface area contributed by atoms with Gasteiger partial charge in [0.2, 0.25) is 0 Å². The summed E-state index contributed by atoms with van der Waals surface area (Å²) in [5.74, 6) is -0.588. The van der Waals surface area contributed by atoms with Gasteiger partial charge in [-0.15, -0.1) is 5.10 Å². The van der Waals surface area contributed by atoms with Crippen molar-refractivity contribution in [2.75, 3.05) is 12.0 Å². The Hall–Kier alpha value is -2.96. The summed E-state index contributed by atoms with van der Waals surface area (Å²) in [6.45, 7) is 3.76. The maximum absolute atomic E-state index is 14.1. The van der Waals surface area contributed by atoms with Crippen LogP contribution >= 0.6 is 0 Å². The monoisotopic (exact) mass is 342 g/mol. The molecule has 0 aliphatic carbocycles. The maximum Gasteiger partial charge on any atom is 0.258 e. The average molecular weight is 342 g/mol. The van der Waals surface area contributed by atoms with Gasteiger partial charge in [-0.25, -0.2) is 9.07 Å². The van der Waals surface area contributed by atoms with Crippen molar-refractivity contribution in [2.24, 2.45) is 7.05 Å². The number of anilines is 1. The zero-order chi connectivity index (χ0) is 18.1. The van der Waals surface area contributed by atoms with Gasteiger partial charge in [0.1, 0.15) is 5.52 Å². The van der Waals surface area contributed by atoms with E-state index in [4.69, 9.17) is 4.74 Å². The fourth-order valence-corrected chi connectivity index (χ4v) is 2.76. The summed E-state index contributed by atoms with van der Waals surface area (Å²) in [5, 5.41) is 7.96. The minimum absolute atomic E-state index is 0.141. The number of benzene rings is 2. The number of hydrogen-bond acceptors (Lipinski definition) is 4. The van der Waals surface area contributed by atoms with Crippen LogP contribution in [0.3, 0.4) is 0 Å². The Morgan fingerprint density at radius 1 is 1.24 bits per heavy atom. The number of rotatable bonds is 4. The van der Waals surface area contributed by atoms with Crippen LogP contribution in [0, 0.1) is 5.82 Å². The Bertz CT molecular complexity index is 936. The molecule has 7 heteroatoms. The first-order valence-electron chi connectivity index (χ1n) is 7.89. The van der Waals surface area contributed by atoms with Gasteiger partial charge in [0.25, 0.3) is 5.91 Å². The zero-order valence-electron chi connectivity index (χ0n) is 14.5. The maximum atomic E-state index is 14.1. The van der Waals surface area contributed by atoms with Crippen LogP contribution in [0.5, 0.6) is 5.75 Å². The number of nitrogens with zero attached hydrogens (tertiary/aromatic N) is 4. The van der Waals surface area contributed by atoms with Gasteiger partial charge >= 0.3 is 0 Å². The van der Waals surface area contributed by atoms with Crippen molar-refractivity contribution < 1.29 is 13.9 Å². The standard InChI is InChI=1S/C18H19FN4O2/c1-11(2)23(13-6-8-17(25-4)14(19)10-13)18(24)12-5-7-15-16(9-12)22(3)21-20-15/h5-11H,1-4H3. The number of carbonyl (C=O) groups is 1. The number of methoxy groups -OCH3 is 1. The summed E-state index contributed by atoms with van der Waals surface area (Å²) in [7, 11) is 3.17. The molecule has 0 bridgehead atoms. The third kappa shape index (κ3) is 3.05. The first-order valence-corrected chi connectivity index (χ1v) is 7.89. The van der Waals surface area contributed by atoms with Crippen LogP contribution in [0.25, 0.3) is 11.0 Å². The third-order valence-electron chi connectivity index (χ3n) is 4.01. The lowest BCUT2D eigenvalue weighted by atomic mass is 10.1. The Morgan fingerprint density at radius 2 is 2.00 bits per heavy atom. The van der Waals surface area contributed by atoms with E-state index in [0.717, 1.165) is 5.52 Å². The quantitative estimate of drug-likeness (QED) is 0.731. The molecule has 1 aromatic heterocycles. The molecule has 0 spiro atoms. The second-order valence-corrected chi connectivity index (χ2v) is 6.00. The van der Waals surface area contributed by atoms with E-state index < -0.39 is 5.82 Å². The van der Waals surface area contributed by atoms with Gasteiger partial charge < -0.3 is 9.64 Å². The molecule has 2 aromatic carbocycles. The Balaban J connectivity index is 2.03. The third-order valence-corrected chi connectivity index (χ3v) is 4.01. The van der Waals surface area contributed by atoms with E-state index in [1.165, 1.54) is 19.2 Å². The van der Waals surface area contributed by atoms with E-state index in [0.29, 0.717) is 16.8 Å². The number of aryl methyl sites for hydroxylation is 1. The molecule has 130 valence electrons. The highest BCUT2D eigenvalue weighted by Gasteiger charge is 2.22. The highest BCUT2D eigenvalue weighted by atomic mass is 19.1. The summed E-state index contributed by atoms with van der Waals surface area (Å²) in [4.78, 5) is 14.6. The fraction of sp³-hybridized carbons (Fsp3) is 0.278. The van der Waals surface area contributed by atoms with Crippen LogP contribution in [0.2, 0.25) is 0 Å². The summed E-state index contributed by atoms with van der Waals surface area (Å²) >= 11 is 0. The van der Waals surface area contributed by atoms with E-state index in [-0.39, 0.29) is 17.7 Å². The minimum atomic E-state index is -0.510. The van der Waals surface area contributed by atoms with E-state index in [1.54, 1.807) is 40.9 Å². The highest BCUT2D eigenvalue weighted by molar-refractivity contribution is 6.07. The van der Waals surface area contributed by atoms with Crippen molar-refractivity contribution in [1.82, 2.24) is 15.0 Å². The van der Waals surface area contributed by atoms with Crippen molar-refractivity contribution in [3.05, 3.63) is 47.8 Å². The number of ether oxygens (including phenoxy) is 1. The molecule has 0 radical (unpaired) electrons. The SMILES string of the molecule is COc1ccc(N(C(=O)c2ccc3nnn(C)c3c2)C(C)C)cc1F. The largest absolute Gasteiger partial charge is 0.494 e. The van der Waals surface area contributed by atoms with Crippen LogP contribution in [-0.4, -0.2) is 34.1 Å². The van der Waals surface area contributed by atoms with Crippen molar-refractivity contribution in [1.29, 1.82) is 0 Å². The summed E-state index contributed by atoms with van der Waals surface area (Å²) in [6.07, 6.45) is 0. The number of amides is 1. The topological polar surface area (TPSA) is 60.2 Å². The Morgan fingerprint density at radius 3 is 2.64 bits per heavy atom. The van der Waals surface area contributed by atoms with Gasteiger partial charge in [-0.05, 0) is 44.2 Å². The summed E-state index contributed by atoms with van der Waals surface area (Å²) in [6, 6.07) is 9.54. The molecule has 3 rings (SSSR count). The zero-order valence-corrected chi connectivity index (χ0v) is 14.5. The van der Waals surface area contributed by atoms with Gasteiger partial charge in [-0.2, -0.15) is 0 Å². The van der Waals surface area contributed by atoms with Gasteiger partial charge in [0, 0.05) is 30.4 Å². The lowest BCUT2D eigenvalue weighted by Gasteiger charge is -2.27. The average Bonchev–Trinajstić information content (AvgIpc) is 2.95. The Kier molecular flexibility index (Phi) is 4.39. The number of halogens is 1. The van der Waals surface area contributed by atoms with Crippen LogP contribution in [0.15, 0.2) is 36.4 Å². The van der Waals surface area contributed by atoms with Crippen LogP contribution < -0.4 is 9.64 Å². The predicted octanol–water partition coefficient (Wildman–Crippen LogP) is 3.17. The highest BCUT2D eigenvalue weighted by Crippen LogP contribution is 2.27. The van der Waals surface area contributed by atoms with Gasteiger partial charge in [-0.3, -0.25) is 4.79 Å². The molecule has 25 heavy (non-hydrogen) atoms. The second kappa shape index (κ2) is 6.51. The van der Waals surface area contributed by atoms with E-state index in [2.05, 4.69) is 10.3 Å². The molecule has 6 nitrogen and oxygen atoms in total. The first kappa shape index (κ1) is 16.9. The van der Waals surface area contributed by atoms with Crippen LogP contribution in [-0.2, 0) is 7.05 Å². The van der Waals surface area contributed by atoms with Gasteiger partial charge in [0.05, 0.1) is 12.6 Å². The summed E-state index contributed by atoms with van der Waals surface area (Å²) in [5.41, 5.74) is 2.44. The molecular formula is C18H19FN4O2. The number of fused-ring (bicyclic) bond motifs is 1. The molecule has 0 unspecified atom stereocenters. The van der Waals surface area contributed by atoms with Crippen LogP contribution in [0.4, 0.5) is 10.1 Å². The second-order valence-electron chi connectivity index (χ2n) is 6.00. The first-order chi connectivity index (χ1) is 11.9. The molecule has 0 aliphatic rings. The predicted molar refractivity (Wildman–Crippen MR) is 93.4 cm³/mol. The molecule has 3 aromatic rings. The smallest absolute Gasteiger partial charge is 0.258 e. The molecule has 0 saturated heterocycles. The number of hydrogen-bond donors (Lipinski definition) is 0. The summed E-state index contributed by atoms with van der Waals surface area (Å²) < 4.78 is 20.6. The molecule has 0 aliphatic heterocycles. The molecule has 1 heterocycles. The van der Waals surface area contributed by atoms with E-state index in [9.17, 15) is 9.18 Å². The van der Waals surface area contributed by atoms with Crippen molar-refractivity contribution in [2.45, 2.75) is 19.9 Å². The van der Waals surface area contributed by atoms with Crippen molar-refractivity contribution in [3.8, 4) is 5.75 Å². The molecular weight excluding hydrogens is 323 g/mol. The van der Waals surface area contributed by atoms with E-state index in [1.807, 2.05) is 13.8 Å². The lowest BCUT2D eigenvalue weighted by molar-refractivity contribution is 0.0980.